The molecule has 92 valence electrons. The first kappa shape index (κ1) is 12.9. The van der Waals surface area contributed by atoms with Crippen molar-refractivity contribution in [2.24, 2.45) is 0 Å². The highest BCUT2D eigenvalue weighted by Crippen LogP contribution is 2.21. The van der Waals surface area contributed by atoms with Crippen LogP contribution in [0.4, 0.5) is 10.2 Å². The summed E-state index contributed by atoms with van der Waals surface area (Å²) < 4.78 is 13.4. The number of halogens is 3. The van der Waals surface area contributed by atoms with Crippen LogP contribution >= 0.6 is 27.5 Å². The van der Waals surface area contributed by atoms with Crippen molar-refractivity contribution < 1.29 is 9.18 Å². The van der Waals surface area contributed by atoms with Crippen molar-refractivity contribution in [3.8, 4) is 0 Å². The summed E-state index contributed by atoms with van der Waals surface area (Å²) >= 11 is 8.65. The summed E-state index contributed by atoms with van der Waals surface area (Å²) in [5.41, 5.74) is 0.164. The lowest BCUT2D eigenvalue weighted by Crippen LogP contribution is -2.14. The van der Waals surface area contributed by atoms with Gasteiger partial charge in [0.15, 0.2) is 5.82 Å². The molecule has 0 saturated heterocycles. The number of nitrogens with one attached hydrogen (secondary N) is 1. The van der Waals surface area contributed by atoms with Crippen LogP contribution in [0.5, 0.6) is 0 Å². The standard InChI is InChI=1S/C11H6BrClFN3O/c12-10-6(2-1-3-7(10)14)11(18)17-9-5-15-4-8(13)16-9/h1-5H,(H,16,17,18). The zero-order valence-electron chi connectivity index (χ0n) is 8.82. The lowest BCUT2D eigenvalue weighted by atomic mass is 10.2. The summed E-state index contributed by atoms with van der Waals surface area (Å²) in [5.74, 6) is -0.818. The summed E-state index contributed by atoms with van der Waals surface area (Å²) in [5, 5.41) is 2.63. The van der Waals surface area contributed by atoms with Gasteiger partial charge in [0.1, 0.15) is 11.0 Å². The molecule has 0 bridgehead atoms. The molecule has 0 spiro atoms. The summed E-state index contributed by atoms with van der Waals surface area (Å²) in [6, 6.07) is 4.18. The van der Waals surface area contributed by atoms with Crippen molar-refractivity contribution in [3.63, 3.8) is 0 Å². The van der Waals surface area contributed by atoms with Gasteiger partial charge >= 0.3 is 0 Å². The Kier molecular flexibility index (Phi) is 3.88. The Hall–Kier alpha value is -1.53. The Morgan fingerprint density at radius 2 is 2.17 bits per heavy atom. The minimum atomic E-state index is -0.514. The van der Waals surface area contributed by atoms with Crippen LogP contribution in [0.2, 0.25) is 5.15 Å². The third-order valence-electron chi connectivity index (χ3n) is 2.04. The van der Waals surface area contributed by atoms with Crippen LogP contribution in [-0.4, -0.2) is 15.9 Å². The molecule has 0 fully saturated rings. The van der Waals surface area contributed by atoms with Gasteiger partial charge in [-0.2, -0.15) is 0 Å². The number of anilines is 1. The predicted molar refractivity (Wildman–Crippen MR) is 69.1 cm³/mol. The molecule has 1 aromatic heterocycles. The van der Waals surface area contributed by atoms with E-state index in [0.717, 1.165) is 0 Å². The van der Waals surface area contributed by atoms with Gasteiger partial charge in [0, 0.05) is 0 Å². The van der Waals surface area contributed by atoms with Crippen LogP contribution in [0, 0.1) is 5.82 Å². The van der Waals surface area contributed by atoms with Crippen LogP contribution < -0.4 is 5.32 Å². The normalized spacial score (nSPS) is 10.2. The second-order valence-corrected chi connectivity index (χ2v) is 4.46. The molecule has 0 aliphatic rings. The number of rotatable bonds is 2. The first-order chi connectivity index (χ1) is 8.58. The van der Waals surface area contributed by atoms with Gasteiger partial charge in [-0.1, -0.05) is 17.7 Å². The molecule has 1 heterocycles. The van der Waals surface area contributed by atoms with E-state index in [0.29, 0.717) is 0 Å². The van der Waals surface area contributed by atoms with E-state index in [1.165, 1.54) is 30.6 Å². The zero-order chi connectivity index (χ0) is 13.1. The molecular formula is C11H6BrClFN3O. The van der Waals surface area contributed by atoms with Crippen molar-refractivity contribution in [2.45, 2.75) is 0 Å². The van der Waals surface area contributed by atoms with Crippen LogP contribution in [0.3, 0.4) is 0 Å². The van der Waals surface area contributed by atoms with E-state index < -0.39 is 11.7 Å². The van der Waals surface area contributed by atoms with Gasteiger partial charge in [0.05, 0.1) is 22.4 Å². The Labute approximate surface area is 115 Å². The fourth-order valence-corrected chi connectivity index (χ4v) is 1.86. The molecule has 7 heteroatoms. The van der Waals surface area contributed by atoms with Crippen molar-refractivity contribution in [1.82, 2.24) is 9.97 Å². The maximum Gasteiger partial charge on any atom is 0.258 e. The minimum absolute atomic E-state index is 0.0949. The lowest BCUT2D eigenvalue weighted by molar-refractivity contribution is 0.102. The topological polar surface area (TPSA) is 54.9 Å². The van der Waals surface area contributed by atoms with Crippen LogP contribution in [0.15, 0.2) is 35.1 Å². The van der Waals surface area contributed by atoms with E-state index in [4.69, 9.17) is 11.6 Å². The number of nitrogens with zero attached hydrogens (tertiary/aromatic N) is 2. The molecule has 2 aromatic rings. The molecule has 2 rings (SSSR count). The number of benzene rings is 1. The molecule has 4 nitrogen and oxygen atoms in total. The number of hydrogen-bond donors (Lipinski definition) is 1. The average molecular weight is 331 g/mol. The Bertz CT molecular complexity index is 609. The third kappa shape index (κ3) is 2.83. The van der Waals surface area contributed by atoms with E-state index in [-0.39, 0.29) is 21.0 Å². The van der Waals surface area contributed by atoms with Gasteiger partial charge in [-0.3, -0.25) is 9.78 Å². The highest BCUT2D eigenvalue weighted by atomic mass is 79.9. The molecule has 0 atom stereocenters. The Morgan fingerprint density at radius 3 is 2.89 bits per heavy atom. The highest BCUT2D eigenvalue weighted by molar-refractivity contribution is 9.10. The second kappa shape index (κ2) is 5.41. The highest BCUT2D eigenvalue weighted by Gasteiger charge is 2.13. The molecule has 0 aliphatic carbocycles. The van der Waals surface area contributed by atoms with Crippen molar-refractivity contribution >= 4 is 39.3 Å². The summed E-state index contributed by atoms with van der Waals surface area (Å²) in [7, 11) is 0. The first-order valence-electron chi connectivity index (χ1n) is 4.81. The molecule has 0 saturated carbocycles. The minimum Gasteiger partial charge on any atom is -0.305 e. The SMILES string of the molecule is O=C(Nc1cncc(Cl)n1)c1cccc(F)c1Br. The molecule has 0 radical (unpaired) electrons. The van der Waals surface area contributed by atoms with Gasteiger partial charge in [-0.15, -0.1) is 0 Å². The van der Waals surface area contributed by atoms with Gasteiger partial charge in [0.2, 0.25) is 0 Å². The van der Waals surface area contributed by atoms with E-state index in [9.17, 15) is 9.18 Å². The third-order valence-corrected chi connectivity index (χ3v) is 3.03. The maximum atomic E-state index is 13.3. The fourth-order valence-electron chi connectivity index (χ4n) is 1.27. The van der Waals surface area contributed by atoms with Crippen molar-refractivity contribution in [3.05, 3.63) is 51.6 Å². The Balaban J connectivity index is 2.25. The van der Waals surface area contributed by atoms with Gasteiger partial charge in [0.25, 0.3) is 5.91 Å². The predicted octanol–water partition coefficient (Wildman–Crippen LogP) is 3.28. The van der Waals surface area contributed by atoms with E-state index >= 15 is 0 Å². The van der Waals surface area contributed by atoms with Gasteiger partial charge < -0.3 is 5.32 Å². The van der Waals surface area contributed by atoms with Crippen molar-refractivity contribution in [1.29, 1.82) is 0 Å². The summed E-state index contributed by atoms with van der Waals surface area (Å²) in [6.45, 7) is 0. The number of carbonyl (C=O) groups is 1. The number of aromatic nitrogens is 2. The second-order valence-electron chi connectivity index (χ2n) is 3.28. The van der Waals surface area contributed by atoms with Crippen molar-refractivity contribution in [2.75, 3.05) is 5.32 Å². The van der Waals surface area contributed by atoms with E-state index in [2.05, 4.69) is 31.2 Å². The molecule has 1 amide bonds. The summed E-state index contributed by atoms with van der Waals surface area (Å²) in [6.07, 6.45) is 2.69. The number of amides is 1. The molecule has 1 N–H and O–H groups in total. The average Bonchev–Trinajstić information content (AvgIpc) is 2.32. The number of hydrogen-bond acceptors (Lipinski definition) is 3. The fraction of sp³-hybridized carbons (Fsp3) is 0. The van der Waals surface area contributed by atoms with Crippen LogP contribution in [-0.2, 0) is 0 Å². The smallest absolute Gasteiger partial charge is 0.258 e. The van der Waals surface area contributed by atoms with Gasteiger partial charge in [-0.05, 0) is 28.1 Å². The zero-order valence-corrected chi connectivity index (χ0v) is 11.2. The van der Waals surface area contributed by atoms with E-state index in [1.54, 1.807) is 0 Å². The molecular weight excluding hydrogens is 324 g/mol. The van der Waals surface area contributed by atoms with E-state index in [1.807, 2.05) is 0 Å². The maximum absolute atomic E-state index is 13.3. The summed E-state index contributed by atoms with van der Waals surface area (Å²) in [4.78, 5) is 19.5. The number of carbonyl (C=O) groups excluding carboxylic acids is 1. The molecule has 18 heavy (non-hydrogen) atoms. The largest absolute Gasteiger partial charge is 0.305 e. The van der Waals surface area contributed by atoms with Crippen LogP contribution in [0.1, 0.15) is 10.4 Å². The van der Waals surface area contributed by atoms with Crippen LogP contribution in [0.25, 0.3) is 0 Å². The Morgan fingerprint density at radius 1 is 1.39 bits per heavy atom. The molecule has 0 aliphatic heterocycles. The first-order valence-corrected chi connectivity index (χ1v) is 5.98. The molecule has 0 unspecified atom stereocenters. The molecule has 1 aromatic carbocycles. The quantitative estimate of drug-likeness (QED) is 0.919. The van der Waals surface area contributed by atoms with Gasteiger partial charge in [-0.25, -0.2) is 9.37 Å². The lowest BCUT2D eigenvalue weighted by Gasteiger charge is -2.06. The monoisotopic (exact) mass is 329 g/mol.